The summed E-state index contributed by atoms with van der Waals surface area (Å²) in [6.45, 7) is 0. The van der Waals surface area contributed by atoms with Crippen molar-refractivity contribution in [2.45, 2.75) is 0 Å². The molecule has 3 rings (SSSR count). The highest BCUT2D eigenvalue weighted by atomic mass is 14.9. The van der Waals surface area contributed by atoms with Gasteiger partial charge in [-0.25, -0.2) is 9.97 Å². The topological polar surface area (TPSA) is 64.7 Å². The number of fused-ring (bicyclic) bond motifs is 1. The van der Waals surface area contributed by atoms with Gasteiger partial charge in [-0.15, -0.1) is 0 Å². The molecule has 0 aliphatic rings. The van der Waals surface area contributed by atoms with Gasteiger partial charge in [0.2, 0.25) is 0 Å². The zero-order valence-electron chi connectivity index (χ0n) is 9.04. The normalized spacial score (nSPS) is 10.6. The molecule has 2 aromatic heterocycles. The van der Waals surface area contributed by atoms with E-state index in [1.165, 1.54) is 0 Å². The van der Waals surface area contributed by atoms with Gasteiger partial charge >= 0.3 is 0 Å². The molecule has 0 amide bonds. The average Bonchev–Trinajstić information content (AvgIpc) is 2.38. The summed E-state index contributed by atoms with van der Waals surface area (Å²) >= 11 is 0. The van der Waals surface area contributed by atoms with Gasteiger partial charge < -0.3 is 5.73 Å². The van der Waals surface area contributed by atoms with Crippen LogP contribution in [0.5, 0.6) is 0 Å². The third-order valence-electron chi connectivity index (χ3n) is 2.60. The monoisotopic (exact) mass is 222 g/mol. The fraction of sp³-hybridized carbons (Fsp3) is 0. The van der Waals surface area contributed by atoms with Crippen LogP contribution in [0.4, 0.5) is 5.82 Å². The van der Waals surface area contributed by atoms with E-state index in [0.717, 1.165) is 16.3 Å². The van der Waals surface area contributed by atoms with Crippen molar-refractivity contribution in [1.82, 2.24) is 15.0 Å². The third-order valence-corrected chi connectivity index (χ3v) is 2.60. The second kappa shape index (κ2) is 3.83. The maximum atomic E-state index is 5.67. The van der Waals surface area contributed by atoms with Crippen LogP contribution in [0.2, 0.25) is 0 Å². The lowest BCUT2D eigenvalue weighted by Gasteiger charge is -2.04. The van der Waals surface area contributed by atoms with Gasteiger partial charge in [-0.3, -0.25) is 4.98 Å². The Morgan fingerprint density at radius 3 is 2.82 bits per heavy atom. The van der Waals surface area contributed by atoms with Crippen LogP contribution in [0.1, 0.15) is 0 Å². The molecule has 0 bridgehead atoms. The van der Waals surface area contributed by atoms with Crippen LogP contribution in [-0.2, 0) is 0 Å². The SMILES string of the molecule is Nc1ccnc(-c2cccc3ccncc23)n1. The van der Waals surface area contributed by atoms with Crippen molar-refractivity contribution in [2.75, 3.05) is 5.73 Å². The molecule has 0 spiro atoms. The van der Waals surface area contributed by atoms with Gasteiger partial charge in [-0.2, -0.15) is 0 Å². The van der Waals surface area contributed by atoms with Crippen molar-refractivity contribution in [1.29, 1.82) is 0 Å². The number of hydrogen-bond acceptors (Lipinski definition) is 4. The van der Waals surface area contributed by atoms with Gasteiger partial charge in [-0.1, -0.05) is 18.2 Å². The van der Waals surface area contributed by atoms with Crippen molar-refractivity contribution < 1.29 is 0 Å². The van der Waals surface area contributed by atoms with E-state index in [0.29, 0.717) is 11.6 Å². The molecule has 2 N–H and O–H groups in total. The quantitative estimate of drug-likeness (QED) is 0.686. The Morgan fingerprint density at radius 2 is 1.94 bits per heavy atom. The van der Waals surface area contributed by atoms with Crippen molar-refractivity contribution in [3.05, 3.63) is 48.9 Å². The second-order valence-electron chi connectivity index (χ2n) is 3.71. The Balaban J connectivity index is 2.30. The van der Waals surface area contributed by atoms with E-state index in [-0.39, 0.29) is 0 Å². The number of anilines is 1. The number of aromatic nitrogens is 3. The maximum absolute atomic E-state index is 5.67. The smallest absolute Gasteiger partial charge is 0.162 e. The zero-order chi connectivity index (χ0) is 11.7. The van der Waals surface area contributed by atoms with Crippen molar-refractivity contribution in [3.8, 4) is 11.4 Å². The van der Waals surface area contributed by atoms with Crippen molar-refractivity contribution in [3.63, 3.8) is 0 Å². The number of rotatable bonds is 1. The van der Waals surface area contributed by atoms with Crippen LogP contribution in [0.25, 0.3) is 22.2 Å². The first-order chi connectivity index (χ1) is 8.34. The Hall–Kier alpha value is -2.49. The molecule has 0 fully saturated rings. The molecule has 0 radical (unpaired) electrons. The predicted octanol–water partition coefficient (Wildman–Crippen LogP) is 2.27. The predicted molar refractivity (Wildman–Crippen MR) is 67.2 cm³/mol. The first-order valence-corrected chi connectivity index (χ1v) is 5.26. The lowest BCUT2D eigenvalue weighted by atomic mass is 10.1. The summed E-state index contributed by atoms with van der Waals surface area (Å²) in [7, 11) is 0. The van der Waals surface area contributed by atoms with Crippen LogP contribution >= 0.6 is 0 Å². The molecule has 0 atom stereocenters. The Bertz CT molecular complexity index is 674. The Kier molecular flexibility index (Phi) is 2.19. The van der Waals surface area contributed by atoms with Gasteiger partial charge in [0.1, 0.15) is 5.82 Å². The summed E-state index contributed by atoms with van der Waals surface area (Å²) < 4.78 is 0. The molecule has 1 aromatic carbocycles. The van der Waals surface area contributed by atoms with E-state index in [9.17, 15) is 0 Å². The van der Waals surface area contributed by atoms with Crippen LogP contribution < -0.4 is 5.73 Å². The minimum atomic E-state index is 0.468. The highest BCUT2D eigenvalue weighted by Gasteiger charge is 2.06. The van der Waals surface area contributed by atoms with E-state index in [2.05, 4.69) is 15.0 Å². The van der Waals surface area contributed by atoms with Gasteiger partial charge in [0.15, 0.2) is 5.82 Å². The molecule has 82 valence electrons. The minimum absolute atomic E-state index is 0.468. The molecular weight excluding hydrogens is 212 g/mol. The molecule has 0 aliphatic heterocycles. The fourth-order valence-corrected chi connectivity index (χ4v) is 1.81. The van der Waals surface area contributed by atoms with E-state index in [1.54, 1.807) is 18.5 Å². The number of nitrogen functional groups attached to an aromatic ring is 1. The van der Waals surface area contributed by atoms with Crippen molar-refractivity contribution in [2.24, 2.45) is 0 Å². The van der Waals surface area contributed by atoms with E-state index >= 15 is 0 Å². The molecule has 0 aliphatic carbocycles. The average molecular weight is 222 g/mol. The second-order valence-corrected chi connectivity index (χ2v) is 3.71. The summed E-state index contributed by atoms with van der Waals surface area (Å²) in [5.41, 5.74) is 6.62. The zero-order valence-corrected chi connectivity index (χ0v) is 9.04. The largest absolute Gasteiger partial charge is 0.384 e. The van der Waals surface area contributed by atoms with Gasteiger partial charge in [0, 0.05) is 29.5 Å². The molecule has 2 heterocycles. The third kappa shape index (κ3) is 1.69. The van der Waals surface area contributed by atoms with Crippen molar-refractivity contribution >= 4 is 16.6 Å². The summed E-state index contributed by atoms with van der Waals surface area (Å²) in [4.78, 5) is 12.6. The summed E-state index contributed by atoms with van der Waals surface area (Å²) in [5.74, 6) is 1.10. The first kappa shape index (κ1) is 9.72. The molecule has 17 heavy (non-hydrogen) atoms. The summed E-state index contributed by atoms with van der Waals surface area (Å²) in [5, 5.41) is 2.14. The highest BCUT2D eigenvalue weighted by Crippen LogP contribution is 2.25. The molecule has 4 heteroatoms. The highest BCUT2D eigenvalue weighted by molar-refractivity contribution is 5.94. The number of pyridine rings is 1. The van der Waals surface area contributed by atoms with E-state index in [1.807, 2.05) is 30.5 Å². The lowest BCUT2D eigenvalue weighted by molar-refractivity contribution is 1.19. The molecule has 3 aromatic rings. The first-order valence-electron chi connectivity index (χ1n) is 5.26. The molecule has 0 saturated carbocycles. The van der Waals surface area contributed by atoms with Gasteiger partial charge in [0.05, 0.1) is 0 Å². The van der Waals surface area contributed by atoms with E-state index < -0.39 is 0 Å². The molecule has 4 nitrogen and oxygen atoms in total. The Labute approximate surface area is 98.2 Å². The summed E-state index contributed by atoms with van der Waals surface area (Å²) in [6.07, 6.45) is 5.25. The minimum Gasteiger partial charge on any atom is -0.384 e. The lowest BCUT2D eigenvalue weighted by Crippen LogP contribution is -1.95. The van der Waals surface area contributed by atoms with Gasteiger partial charge in [-0.05, 0) is 17.5 Å². The van der Waals surface area contributed by atoms with Crippen LogP contribution in [0.3, 0.4) is 0 Å². The summed E-state index contributed by atoms with van der Waals surface area (Å²) in [6, 6.07) is 9.62. The number of benzene rings is 1. The van der Waals surface area contributed by atoms with Gasteiger partial charge in [0.25, 0.3) is 0 Å². The van der Waals surface area contributed by atoms with E-state index in [4.69, 9.17) is 5.73 Å². The van der Waals surface area contributed by atoms with Crippen LogP contribution in [0.15, 0.2) is 48.9 Å². The number of hydrogen-bond donors (Lipinski definition) is 1. The fourth-order valence-electron chi connectivity index (χ4n) is 1.81. The molecule has 0 saturated heterocycles. The number of nitrogens with two attached hydrogens (primary N) is 1. The Morgan fingerprint density at radius 1 is 1.00 bits per heavy atom. The number of nitrogens with zero attached hydrogens (tertiary/aromatic N) is 3. The van der Waals surface area contributed by atoms with Crippen LogP contribution in [-0.4, -0.2) is 15.0 Å². The standard InChI is InChI=1S/C13H10N4/c14-12-5-7-16-13(17-12)10-3-1-2-9-4-6-15-8-11(9)10/h1-8H,(H2,14,16,17). The molecule has 0 unspecified atom stereocenters. The maximum Gasteiger partial charge on any atom is 0.162 e. The molecular formula is C13H10N4. The van der Waals surface area contributed by atoms with Crippen LogP contribution in [0, 0.1) is 0 Å².